The number of benzene rings is 2. The molecule has 1 N–H and O–H groups in total. The number of β-amino-alcohol motifs (C(OH)–C–C–N with tert-alkyl or cyclic N) is 1. The summed E-state index contributed by atoms with van der Waals surface area (Å²) in [5.41, 5.74) is 1.37. The molecule has 0 bridgehead atoms. The van der Waals surface area contributed by atoms with Crippen molar-refractivity contribution in [1.82, 2.24) is 9.80 Å². The number of carbonyl (C=O) groups excluding carboxylic acids is 1. The predicted octanol–water partition coefficient (Wildman–Crippen LogP) is 2.40. The van der Waals surface area contributed by atoms with Gasteiger partial charge >= 0.3 is 0 Å². The van der Waals surface area contributed by atoms with Crippen molar-refractivity contribution in [2.75, 3.05) is 26.7 Å². The number of amides is 1. The average molecular weight is 383 g/mol. The SMILES string of the molecule is CN(C(=O)Cc1ccccc1[N+](=O)[O-])C(CN1CCC(O)C1)c1ccccc1. The van der Waals surface area contributed by atoms with Gasteiger partial charge in [0.1, 0.15) is 0 Å². The number of carbonyl (C=O) groups is 1. The Labute approximate surface area is 164 Å². The van der Waals surface area contributed by atoms with Crippen LogP contribution in [0.5, 0.6) is 0 Å². The van der Waals surface area contributed by atoms with E-state index in [2.05, 4.69) is 4.90 Å². The van der Waals surface area contributed by atoms with E-state index in [0.717, 1.165) is 18.5 Å². The third-order valence-corrected chi connectivity index (χ3v) is 5.25. The van der Waals surface area contributed by atoms with Gasteiger partial charge in [0, 0.05) is 38.3 Å². The van der Waals surface area contributed by atoms with Crippen molar-refractivity contribution >= 4 is 11.6 Å². The molecular weight excluding hydrogens is 358 g/mol. The molecule has 1 amide bonds. The predicted molar refractivity (Wildman–Crippen MR) is 106 cm³/mol. The van der Waals surface area contributed by atoms with Gasteiger partial charge in [-0.05, 0) is 12.0 Å². The van der Waals surface area contributed by atoms with Gasteiger partial charge in [-0.3, -0.25) is 19.8 Å². The first-order chi connectivity index (χ1) is 13.5. The van der Waals surface area contributed by atoms with Gasteiger partial charge in [0.15, 0.2) is 0 Å². The second-order valence-electron chi connectivity index (χ2n) is 7.20. The smallest absolute Gasteiger partial charge is 0.273 e. The van der Waals surface area contributed by atoms with Crippen molar-refractivity contribution in [2.24, 2.45) is 0 Å². The zero-order valence-electron chi connectivity index (χ0n) is 15.9. The molecule has 28 heavy (non-hydrogen) atoms. The number of likely N-dealkylation sites (tertiary alicyclic amines) is 1. The van der Waals surface area contributed by atoms with E-state index in [9.17, 15) is 20.0 Å². The highest BCUT2D eigenvalue weighted by atomic mass is 16.6. The summed E-state index contributed by atoms with van der Waals surface area (Å²) in [4.78, 5) is 27.6. The molecule has 1 heterocycles. The number of nitrogens with zero attached hydrogens (tertiary/aromatic N) is 3. The van der Waals surface area contributed by atoms with Crippen LogP contribution in [0.1, 0.15) is 23.6 Å². The molecule has 1 aliphatic rings. The molecule has 0 aromatic heterocycles. The zero-order valence-corrected chi connectivity index (χ0v) is 15.9. The minimum absolute atomic E-state index is 0.0282. The highest BCUT2D eigenvalue weighted by Crippen LogP contribution is 2.25. The number of aliphatic hydroxyl groups is 1. The van der Waals surface area contributed by atoms with Crippen LogP contribution in [-0.4, -0.2) is 58.5 Å². The topological polar surface area (TPSA) is 86.9 Å². The van der Waals surface area contributed by atoms with E-state index >= 15 is 0 Å². The number of nitro benzene ring substituents is 1. The molecule has 2 atom stereocenters. The lowest BCUT2D eigenvalue weighted by molar-refractivity contribution is -0.385. The van der Waals surface area contributed by atoms with Crippen molar-refractivity contribution in [3.05, 3.63) is 75.8 Å². The van der Waals surface area contributed by atoms with Crippen LogP contribution in [0.3, 0.4) is 0 Å². The Morgan fingerprint density at radius 3 is 2.57 bits per heavy atom. The van der Waals surface area contributed by atoms with Crippen molar-refractivity contribution in [3.8, 4) is 0 Å². The van der Waals surface area contributed by atoms with Crippen LogP contribution in [-0.2, 0) is 11.2 Å². The summed E-state index contributed by atoms with van der Waals surface area (Å²) in [5.74, 6) is -0.178. The number of hydrogen-bond acceptors (Lipinski definition) is 5. The van der Waals surface area contributed by atoms with E-state index in [1.54, 1.807) is 30.1 Å². The fourth-order valence-corrected chi connectivity index (χ4v) is 3.65. The largest absolute Gasteiger partial charge is 0.392 e. The number of nitro groups is 1. The van der Waals surface area contributed by atoms with Crippen molar-refractivity contribution in [3.63, 3.8) is 0 Å². The van der Waals surface area contributed by atoms with E-state index in [-0.39, 0.29) is 30.2 Å². The Kier molecular flexibility index (Phi) is 6.38. The summed E-state index contributed by atoms with van der Waals surface area (Å²) in [6.07, 6.45) is 0.374. The lowest BCUT2D eigenvalue weighted by Crippen LogP contribution is -2.39. The van der Waals surface area contributed by atoms with Crippen LogP contribution in [0.25, 0.3) is 0 Å². The van der Waals surface area contributed by atoms with Gasteiger partial charge in [-0.25, -0.2) is 0 Å². The molecule has 2 aromatic rings. The standard InChI is InChI=1S/C21H25N3O4/c1-22(21(26)13-17-9-5-6-10-19(17)24(27)28)20(16-7-3-2-4-8-16)15-23-12-11-18(25)14-23/h2-10,18,20,25H,11-15H2,1H3. The second-order valence-corrected chi connectivity index (χ2v) is 7.20. The Hall–Kier alpha value is -2.77. The quantitative estimate of drug-likeness (QED) is 0.586. The van der Waals surface area contributed by atoms with Gasteiger partial charge in [-0.15, -0.1) is 0 Å². The number of rotatable bonds is 7. The molecule has 0 radical (unpaired) electrons. The first-order valence-electron chi connectivity index (χ1n) is 9.39. The molecule has 0 aliphatic carbocycles. The van der Waals surface area contributed by atoms with Crippen LogP contribution >= 0.6 is 0 Å². The highest BCUT2D eigenvalue weighted by Gasteiger charge is 2.28. The lowest BCUT2D eigenvalue weighted by Gasteiger charge is -2.32. The summed E-state index contributed by atoms with van der Waals surface area (Å²) in [7, 11) is 1.74. The maximum Gasteiger partial charge on any atom is 0.273 e. The van der Waals surface area contributed by atoms with E-state index in [1.807, 2.05) is 30.3 Å². The summed E-state index contributed by atoms with van der Waals surface area (Å²) in [5, 5.41) is 21.1. The van der Waals surface area contributed by atoms with Crippen molar-refractivity contribution in [2.45, 2.75) is 25.0 Å². The monoisotopic (exact) mass is 383 g/mol. The molecule has 1 saturated heterocycles. The first kappa shape index (κ1) is 20.0. The summed E-state index contributed by atoms with van der Waals surface area (Å²) in [6.45, 7) is 1.99. The first-order valence-corrected chi connectivity index (χ1v) is 9.39. The van der Waals surface area contributed by atoms with Gasteiger partial charge in [0.05, 0.1) is 23.5 Å². The van der Waals surface area contributed by atoms with E-state index in [0.29, 0.717) is 18.7 Å². The summed E-state index contributed by atoms with van der Waals surface area (Å²) in [6, 6.07) is 15.9. The molecule has 2 aromatic carbocycles. The molecule has 7 nitrogen and oxygen atoms in total. The van der Waals surface area contributed by atoms with Gasteiger partial charge in [0.25, 0.3) is 5.69 Å². The third kappa shape index (κ3) is 4.74. The van der Waals surface area contributed by atoms with Crippen LogP contribution < -0.4 is 0 Å². The van der Waals surface area contributed by atoms with Crippen LogP contribution in [0, 0.1) is 10.1 Å². The molecule has 7 heteroatoms. The molecule has 3 rings (SSSR count). The highest BCUT2D eigenvalue weighted by molar-refractivity contribution is 5.80. The van der Waals surface area contributed by atoms with E-state index in [1.165, 1.54) is 6.07 Å². The summed E-state index contributed by atoms with van der Waals surface area (Å²) < 4.78 is 0. The van der Waals surface area contributed by atoms with Crippen molar-refractivity contribution < 1.29 is 14.8 Å². The van der Waals surface area contributed by atoms with Crippen LogP contribution in [0.4, 0.5) is 5.69 Å². The Balaban J connectivity index is 1.79. The third-order valence-electron chi connectivity index (χ3n) is 5.25. The fraction of sp³-hybridized carbons (Fsp3) is 0.381. The molecule has 0 spiro atoms. The Bertz CT molecular complexity index is 827. The average Bonchev–Trinajstić information content (AvgIpc) is 3.11. The van der Waals surface area contributed by atoms with Gasteiger partial charge < -0.3 is 10.0 Å². The van der Waals surface area contributed by atoms with E-state index < -0.39 is 4.92 Å². The Morgan fingerprint density at radius 1 is 1.25 bits per heavy atom. The second kappa shape index (κ2) is 8.95. The molecule has 1 fully saturated rings. The van der Waals surface area contributed by atoms with Gasteiger partial charge in [-0.2, -0.15) is 0 Å². The number of para-hydroxylation sites is 1. The van der Waals surface area contributed by atoms with Gasteiger partial charge in [0.2, 0.25) is 5.91 Å². The molecule has 0 saturated carbocycles. The van der Waals surface area contributed by atoms with Crippen LogP contribution in [0.2, 0.25) is 0 Å². The minimum atomic E-state index is -0.455. The van der Waals surface area contributed by atoms with Crippen molar-refractivity contribution in [1.29, 1.82) is 0 Å². The molecule has 2 unspecified atom stereocenters. The summed E-state index contributed by atoms with van der Waals surface area (Å²) >= 11 is 0. The normalized spacial score (nSPS) is 18.0. The van der Waals surface area contributed by atoms with E-state index in [4.69, 9.17) is 0 Å². The molecule has 1 aliphatic heterocycles. The van der Waals surface area contributed by atoms with Crippen LogP contribution in [0.15, 0.2) is 54.6 Å². The zero-order chi connectivity index (χ0) is 20.1. The number of likely N-dealkylation sites (N-methyl/N-ethyl adjacent to an activating group) is 1. The van der Waals surface area contributed by atoms with Gasteiger partial charge in [-0.1, -0.05) is 48.5 Å². The lowest BCUT2D eigenvalue weighted by atomic mass is 10.0. The molecular formula is C21H25N3O4. The maximum absolute atomic E-state index is 13.0. The fourth-order valence-electron chi connectivity index (χ4n) is 3.65. The minimum Gasteiger partial charge on any atom is -0.392 e. The number of hydrogen-bond donors (Lipinski definition) is 1. The maximum atomic E-state index is 13.0. The Morgan fingerprint density at radius 2 is 1.93 bits per heavy atom. The number of aliphatic hydroxyl groups excluding tert-OH is 1. The molecule has 148 valence electrons.